The summed E-state index contributed by atoms with van der Waals surface area (Å²) in [5.74, 6) is 0.559. The number of benzene rings is 2. The molecule has 1 aromatic heterocycles. The highest BCUT2D eigenvalue weighted by atomic mass is 35.5. The maximum Gasteiger partial charge on any atom is 0.263 e. The lowest BCUT2D eigenvalue weighted by molar-refractivity contribution is -0.115. The molecular formula is C20H13ClN2O2S3. The minimum Gasteiger partial charge on any atom is -0.497 e. The lowest BCUT2D eigenvalue weighted by Crippen LogP contribution is -2.17. The van der Waals surface area contributed by atoms with E-state index in [0.29, 0.717) is 14.2 Å². The Labute approximate surface area is 180 Å². The van der Waals surface area contributed by atoms with E-state index in [1.165, 1.54) is 23.5 Å². The number of nitrogens with zero attached hydrogens (tertiary/aromatic N) is 1. The maximum atomic E-state index is 12.1. The van der Waals surface area contributed by atoms with Crippen molar-refractivity contribution in [3.63, 3.8) is 0 Å². The average molecular weight is 445 g/mol. The number of ether oxygens (including phenoxy) is 1. The van der Waals surface area contributed by atoms with Crippen molar-refractivity contribution in [2.75, 3.05) is 7.11 Å². The first kappa shape index (κ1) is 19.3. The Bertz CT molecular complexity index is 1130. The number of rotatable bonds is 4. The second-order valence-corrected chi connectivity index (χ2v) is 9.07. The topological polar surface area (TPSA) is 51.2 Å². The number of fused-ring (bicyclic) bond motifs is 1. The van der Waals surface area contributed by atoms with Crippen LogP contribution in [0.5, 0.6) is 5.75 Å². The van der Waals surface area contributed by atoms with E-state index in [1.54, 1.807) is 7.11 Å². The Kier molecular flexibility index (Phi) is 5.59. The van der Waals surface area contributed by atoms with E-state index in [2.05, 4.69) is 5.32 Å². The summed E-state index contributed by atoms with van der Waals surface area (Å²) >= 11 is 13.8. The molecule has 0 spiro atoms. The first-order chi connectivity index (χ1) is 13.5. The standard InChI is InChI=1S/C20H13ClN2O2S3/c1-25-14-4-7-16-11(9-14)8-12(10-17-18(24)23-20(26)28-17)19(22-16)27-15-5-2-13(21)3-6-15/h2-10H,1H3,(H,23,24,26)/b17-10-. The van der Waals surface area contributed by atoms with Gasteiger partial charge in [0.15, 0.2) is 0 Å². The van der Waals surface area contributed by atoms with Crippen LogP contribution in [0.1, 0.15) is 5.56 Å². The van der Waals surface area contributed by atoms with Gasteiger partial charge >= 0.3 is 0 Å². The normalized spacial score (nSPS) is 15.3. The van der Waals surface area contributed by atoms with Gasteiger partial charge < -0.3 is 10.1 Å². The van der Waals surface area contributed by atoms with Crippen molar-refractivity contribution in [3.8, 4) is 5.75 Å². The molecule has 0 bridgehead atoms. The second kappa shape index (κ2) is 8.13. The number of pyridine rings is 1. The first-order valence-corrected chi connectivity index (χ1v) is 10.6. The Morgan fingerprint density at radius 1 is 1.21 bits per heavy atom. The molecule has 1 fully saturated rings. The van der Waals surface area contributed by atoms with Crippen molar-refractivity contribution in [2.24, 2.45) is 0 Å². The van der Waals surface area contributed by atoms with Gasteiger partial charge in [0.2, 0.25) is 0 Å². The molecule has 0 radical (unpaired) electrons. The third kappa shape index (κ3) is 4.17. The van der Waals surface area contributed by atoms with Gasteiger partial charge in [-0.2, -0.15) is 0 Å². The van der Waals surface area contributed by atoms with Crippen molar-refractivity contribution >= 4 is 74.5 Å². The van der Waals surface area contributed by atoms with E-state index in [-0.39, 0.29) is 5.91 Å². The van der Waals surface area contributed by atoms with Crippen molar-refractivity contribution in [3.05, 3.63) is 64.0 Å². The number of methoxy groups -OCH3 is 1. The molecular weight excluding hydrogens is 432 g/mol. The van der Waals surface area contributed by atoms with Gasteiger partial charge in [-0.1, -0.05) is 47.3 Å². The Morgan fingerprint density at radius 2 is 2.00 bits per heavy atom. The number of halogens is 1. The summed E-state index contributed by atoms with van der Waals surface area (Å²) in [5, 5.41) is 5.04. The zero-order valence-corrected chi connectivity index (χ0v) is 17.8. The van der Waals surface area contributed by atoms with E-state index in [0.717, 1.165) is 32.1 Å². The Hall–Kier alpha value is -2.06. The molecule has 4 rings (SSSR count). The number of nitrogens with one attached hydrogen (secondary N) is 1. The van der Waals surface area contributed by atoms with Crippen LogP contribution in [0.2, 0.25) is 5.02 Å². The highest BCUT2D eigenvalue weighted by Crippen LogP contribution is 2.35. The van der Waals surface area contributed by atoms with Gasteiger partial charge in [-0.25, -0.2) is 4.98 Å². The lowest BCUT2D eigenvalue weighted by atomic mass is 10.1. The molecule has 1 saturated heterocycles. The molecule has 0 aliphatic carbocycles. The van der Waals surface area contributed by atoms with E-state index in [9.17, 15) is 4.79 Å². The van der Waals surface area contributed by atoms with Gasteiger partial charge in [0.1, 0.15) is 15.1 Å². The van der Waals surface area contributed by atoms with Crippen LogP contribution < -0.4 is 10.1 Å². The van der Waals surface area contributed by atoms with Crippen LogP contribution in [-0.2, 0) is 4.79 Å². The van der Waals surface area contributed by atoms with Gasteiger partial charge in [0.25, 0.3) is 5.91 Å². The summed E-state index contributed by atoms with van der Waals surface area (Å²) in [6, 6.07) is 15.3. The van der Waals surface area contributed by atoms with Crippen molar-refractivity contribution in [1.29, 1.82) is 0 Å². The lowest BCUT2D eigenvalue weighted by Gasteiger charge is -2.09. The van der Waals surface area contributed by atoms with E-state index in [4.69, 9.17) is 33.5 Å². The molecule has 2 aromatic carbocycles. The van der Waals surface area contributed by atoms with Gasteiger partial charge in [-0.05, 0) is 54.6 Å². The first-order valence-electron chi connectivity index (χ1n) is 8.19. The fourth-order valence-electron chi connectivity index (χ4n) is 2.64. The molecule has 1 aliphatic rings. The molecule has 1 aliphatic heterocycles. The minimum absolute atomic E-state index is 0.191. The van der Waals surface area contributed by atoms with Crippen LogP contribution >= 0.6 is 47.3 Å². The van der Waals surface area contributed by atoms with Crippen LogP contribution in [0.3, 0.4) is 0 Å². The predicted molar refractivity (Wildman–Crippen MR) is 120 cm³/mol. The molecule has 2 heterocycles. The molecule has 140 valence electrons. The average Bonchev–Trinajstić information content (AvgIpc) is 3.00. The zero-order valence-electron chi connectivity index (χ0n) is 14.6. The summed E-state index contributed by atoms with van der Waals surface area (Å²) < 4.78 is 5.77. The van der Waals surface area contributed by atoms with E-state index >= 15 is 0 Å². The molecule has 3 aromatic rings. The molecule has 4 nitrogen and oxygen atoms in total. The highest BCUT2D eigenvalue weighted by Gasteiger charge is 2.23. The molecule has 8 heteroatoms. The van der Waals surface area contributed by atoms with Crippen LogP contribution in [0, 0.1) is 0 Å². The third-order valence-corrected chi connectivity index (χ3v) is 6.41. The SMILES string of the molecule is COc1ccc2nc(Sc3ccc(Cl)cc3)c(/C=C3\SC(=S)NC3=O)cc2c1. The fraction of sp³-hybridized carbons (Fsp3) is 0.0500. The number of amides is 1. The number of aromatic nitrogens is 1. The van der Waals surface area contributed by atoms with Gasteiger partial charge in [0, 0.05) is 20.9 Å². The monoisotopic (exact) mass is 444 g/mol. The summed E-state index contributed by atoms with van der Waals surface area (Å²) in [4.78, 5) is 18.5. The third-order valence-electron chi connectivity index (χ3n) is 3.97. The summed E-state index contributed by atoms with van der Waals surface area (Å²) in [6.07, 6.45) is 1.82. The predicted octanol–water partition coefficient (Wildman–Crippen LogP) is 5.54. The number of thioether (sulfide) groups is 1. The number of hydrogen-bond donors (Lipinski definition) is 1. The minimum atomic E-state index is -0.191. The van der Waals surface area contributed by atoms with E-state index < -0.39 is 0 Å². The quantitative estimate of drug-likeness (QED) is 0.421. The largest absolute Gasteiger partial charge is 0.497 e. The van der Waals surface area contributed by atoms with Crippen molar-refractivity contribution in [2.45, 2.75) is 9.92 Å². The smallest absolute Gasteiger partial charge is 0.263 e. The molecule has 1 amide bonds. The zero-order chi connectivity index (χ0) is 19.7. The number of thiocarbonyl (C=S) groups is 1. The Morgan fingerprint density at radius 3 is 2.68 bits per heavy atom. The highest BCUT2D eigenvalue weighted by molar-refractivity contribution is 8.26. The molecule has 0 atom stereocenters. The molecule has 0 unspecified atom stereocenters. The second-order valence-electron chi connectivity index (χ2n) is 5.85. The molecule has 1 N–H and O–H groups in total. The number of carbonyl (C=O) groups is 1. The van der Waals surface area contributed by atoms with Crippen molar-refractivity contribution < 1.29 is 9.53 Å². The van der Waals surface area contributed by atoms with Crippen LogP contribution in [-0.4, -0.2) is 22.3 Å². The molecule has 0 saturated carbocycles. The molecule has 28 heavy (non-hydrogen) atoms. The van der Waals surface area contributed by atoms with Gasteiger partial charge in [-0.15, -0.1) is 0 Å². The summed E-state index contributed by atoms with van der Waals surface area (Å²) in [6.45, 7) is 0. The number of carbonyl (C=O) groups excluding carboxylic acids is 1. The van der Waals surface area contributed by atoms with Crippen LogP contribution in [0.4, 0.5) is 0 Å². The van der Waals surface area contributed by atoms with Gasteiger partial charge in [-0.3, -0.25) is 4.79 Å². The van der Waals surface area contributed by atoms with E-state index in [1.807, 2.05) is 54.6 Å². The van der Waals surface area contributed by atoms with Crippen LogP contribution in [0.25, 0.3) is 17.0 Å². The summed E-state index contributed by atoms with van der Waals surface area (Å²) in [5.41, 5.74) is 1.68. The maximum absolute atomic E-state index is 12.1. The van der Waals surface area contributed by atoms with Gasteiger partial charge in [0.05, 0.1) is 17.5 Å². The van der Waals surface area contributed by atoms with Crippen LogP contribution in [0.15, 0.2) is 63.4 Å². The summed E-state index contributed by atoms with van der Waals surface area (Å²) in [7, 11) is 1.63. The van der Waals surface area contributed by atoms with Crippen molar-refractivity contribution in [1.82, 2.24) is 10.3 Å². The number of hydrogen-bond acceptors (Lipinski definition) is 6. The Balaban J connectivity index is 1.83. The fourth-order valence-corrected chi connectivity index (χ4v) is 4.68.